The summed E-state index contributed by atoms with van der Waals surface area (Å²) in [5.74, 6) is -2.30. The number of carbonyl (C=O) groups excluding carboxylic acids is 4. The van der Waals surface area contributed by atoms with Crippen molar-refractivity contribution in [2.45, 2.75) is 38.6 Å². The van der Waals surface area contributed by atoms with E-state index in [0.717, 1.165) is 29.7 Å². The van der Waals surface area contributed by atoms with Crippen LogP contribution in [-0.4, -0.2) is 46.6 Å². The maximum Gasteiger partial charge on any atom is 0.335 e. The zero-order valence-electron chi connectivity index (χ0n) is 15.1. The minimum atomic E-state index is -0.957. The van der Waals surface area contributed by atoms with Gasteiger partial charge in [0.1, 0.15) is 6.54 Å². The van der Waals surface area contributed by atoms with Crippen molar-refractivity contribution in [2.75, 3.05) is 13.1 Å². The number of hydrogen-bond acceptors (Lipinski definition) is 4. The summed E-state index contributed by atoms with van der Waals surface area (Å²) in [7, 11) is 0. The summed E-state index contributed by atoms with van der Waals surface area (Å²) in [5, 5.41) is 2.72. The van der Waals surface area contributed by atoms with Gasteiger partial charge in [0.2, 0.25) is 5.91 Å². The summed E-state index contributed by atoms with van der Waals surface area (Å²) in [5.41, 5.74) is 2.07. The van der Waals surface area contributed by atoms with Crippen molar-refractivity contribution in [3.05, 3.63) is 47.5 Å². The van der Waals surface area contributed by atoms with E-state index in [4.69, 9.17) is 0 Å². The number of hydrogen-bond donors (Lipinski definition) is 1. The van der Waals surface area contributed by atoms with Gasteiger partial charge in [0.05, 0.1) is 6.54 Å². The molecular weight excluding hydrogens is 346 g/mol. The van der Waals surface area contributed by atoms with Crippen LogP contribution in [-0.2, 0) is 20.9 Å². The summed E-state index contributed by atoms with van der Waals surface area (Å²) < 4.78 is 0. The lowest BCUT2D eigenvalue weighted by atomic mass is 9.97. The Morgan fingerprint density at radius 3 is 2.44 bits per heavy atom. The second kappa shape index (κ2) is 8.62. The third-order valence-electron chi connectivity index (χ3n) is 4.77. The molecule has 27 heavy (non-hydrogen) atoms. The lowest BCUT2D eigenvalue weighted by Gasteiger charge is -2.16. The Kier molecular flexibility index (Phi) is 6.01. The Morgan fingerprint density at radius 1 is 1.00 bits per heavy atom. The number of imide groups is 2. The molecule has 1 aliphatic carbocycles. The molecule has 1 aliphatic heterocycles. The van der Waals surface area contributed by atoms with Crippen LogP contribution < -0.4 is 5.32 Å². The monoisotopic (exact) mass is 369 g/mol. The van der Waals surface area contributed by atoms with E-state index in [1.165, 1.54) is 18.4 Å². The normalized spacial score (nSPS) is 17.3. The van der Waals surface area contributed by atoms with Crippen LogP contribution in [0.2, 0.25) is 0 Å². The van der Waals surface area contributed by atoms with Gasteiger partial charge in [0.15, 0.2) is 0 Å². The molecule has 1 aromatic carbocycles. The van der Waals surface area contributed by atoms with Crippen LogP contribution in [0.3, 0.4) is 0 Å². The molecule has 142 valence electrons. The Balaban J connectivity index is 1.52. The molecule has 0 aromatic heterocycles. The summed E-state index contributed by atoms with van der Waals surface area (Å²) in [6.07, 6.45) is 7.51. The predicted octanol–water partition coefficient (Wildman–Crippen LogP) is 1.98. The summed E-state index contributed by atoms with van der Waals surface area (Å²) in [6, 6.07) is 8.17. The topological polar surface area (TPSA) is 86.8 Å². The molecule has 0 atom stereocenters. The molecule has 0 unspecified atom stereocenters. The molecule has 5 amide bonds. The fraction of sp³-hybridized carbons (Fsp3) is 0.400. The molecule has 3 rings (SSSR count). The lowest BCUT2D eigenvalue weighted by Crippen LogP contribution is -2.41. The van der Waals surface area contributed by atoms with Crippen molar-refractivity contribution >= 4 is 23.8 Å². The first-order valence-electron chi connectivity index (χ1n) is 9.22. The molecule has 1 aromatic rings. The Morgan fingerprint density at radius 2 is 1.74 bits per heavy atom. The van der Waals surface area contributed by atoms with E-state index in [2.05, 4.69) is 11.4 Å². The Labute approximate surface area is 158 Å². The van der Waals surface area contributed by atoms with Crippen molar-refractivity contribution < 1.29 is 19.2 Å². The van der Waals surface area contributed by atoms with Crippen molar-refractivity contribution in [1.29, 1.82) is 0 Å². The number of benzene rings is 1. The van der Waals surface area contributed by atoms with Gasteiger partial charge >= 0.3 is 17.8 Å². The summed E-state index contributed by atoms with van der Waals surface area (Å²) in [6.45, 7) is 0.0346. The van der Waals surface area contributed by atoms with E-state index in [1.54, 1.807) is 24.3 Å². The van der Waals surface area contributed by atoms with Crippen LogP contribution >= 0.6 is 0 Å². The second-order valence-electron chi connectivity index (χ2n) is 6.76. The van der Waals surface area contributed by atoms with Gasteiger partial charge in [0, 0.05) is 6.54 Å². The Hall–Kier alpha value is -2.96. The summed E-state index contributed by atoms with van der Waals surface area (Å²) >= 11 is 0. The van der Waals surface area contributed by atoms with Crippen LogP contribution in [0.1, 0.15) is 37.7 Å². The van der Waals surface area contributed by atoms with Gasteiger partial charge in [-0.15, -0.1) is 0 Å². The minimum absolute atomic E-state index is 0.0104. The zero-order chi connectivity index (χ0) is 19.2. The van der Waals surface area contributed by atoms with Crippen LogP contribution in [0.25, 0.3) is 0 Å². The summed E-state index contributed by atoms with van der Waals surface area (Å²) in [4.78, 5) is 50.3. The van der Waals surface area contributed by atoms with E-state index in [1.807, 2.05) is 6.07 Å². The predicted molar refractivity (Wildman–Crippen MR) is 98.3 cm³/mol. The maximum atomic E-state index is 12.4. The molecule has 0 bridgehead atoms. The van der Waals surface area contributed by atoms with Crippen LogP contribution in [0.15, 0.2) is 42.0 Å². The highest BCUT2D eigenvalue weighted by molar-refractivity contribution is 6.44. The van der Waals surface area contributed by atoms with Crippen molar-refractivity contribution in [2.24, 2.45) is 0 Å². The van der Waals surface area contributed by atoms with E-state index >= 15 is 0 Å². The van der Waals surface area contributed by atoms with Crippen LogP contribution in [0.4, 0.5) is 4.79 Å². The lowest BCUT2D eigenvalue weighted by molar-refractivity contribution is -0.144. The van der Waals surface area contributed by atoms with Crippen LogP contribution in [0, 0.1) is 0 Å². The number of allylic oxidation sites excluding steroid dienone is 1. The number of nitrogens with one attached hydrogen (secondary N) is 1. The average molecular weight is 369 g/mol. The molecule has 1 heterocycles. The highest BCUT2D eigenvalue weighted by Gasteiger charge is 2.45. The molecular formula is C20H23N3O4. The smallest absolute Gasteiger partial charge is 0.335 e. The van der Waals surface area contributed by atoms with Gasteiger partial charge in [-0.2, -0.15) is 0 Å². The highest BCUT2D eigenvalue weighted by Crippen LogP contribution is 2.19. The number of urea groups is 1. The van der Waals surface area contributed by atoms with E-state index in [-0.39, 0.29) is 6.54 Å². The van der Waals surface area contributed by atoms with Gasteiger partial charge in [-0.05, 0) is 37.7 Å². The van der Waals surface area contributed by atoms with Gasteiger partial charge < -0.3 is 5.32 Å². The molecule has 1 saturated heterocycles. The SMILES string of the molecule is O=C(CN1C(=O)C(=O)N(Cc2ccccc2)C1=O)NCCC1=CCCCC1. The van der Waals surface area contributed by atoms with Crippen LogP contribution in [0.5, 0.6) is 0 Å². The minimum Gasteiger partial charge on any atom is -0.354 e. The van der Waals surface area contributed by atoms with Crippen molar-refractivity contribution in [1.82, 2.24) is 15.1 Å². The van der Waals surface area contributed by atoms with Crippen molar-refractivity contribution in [3.8, 4) is 0 Å². The fourth-order valence-corrected chi connectivity index (χ4v) is 3.29. The number of carbonyl (C=O) groups is 4. The van der Waals surface area contributed by atoms with E-state index < -0.39 is 30.3 Å². The molecule has 1 N–H and O–H groups in total. The van der Waals surface area contributed by atoms with Gasteiger partial charge in [0.25, 0.3) is 0 Å². The van der Waals surface area contributed by atoms with Crippen molar-refractivity contribution in [3.63, 3.8) is 0 Å². The third kappa shape index (κ3) is 4.61. The third-order valence-corrected chi connectivity index (χ3v) is 4.77. The maximum absolute atomic E-state index is 12.4. The largest absolute Gasteiger partial charge is 0.354 e. The number of rotatable bonds is 7. The van der Waals surface area contributed by atoms with E-state index in [9.17, 15) is 19.2 Å². The molecule has 0 spiro atoms. The molecule has 2 aliphatic rings. The zero-order valence-corrected chi connectivity index (χ0v) is 15.1. The molecule has 7 heteroatoms. The standard InChI is InChI=1S/C20H23N3O4/c24-17(21-12-11-15-7-3-1-4-8-15)14-23-19(26)18(25)22(20(23)27)13-16-9-5-2-6-10-16/h2,5-7,9-10H,1,3-4,8,11-14H2,(H,21,24). The molecule has 0 saturated carbocycles. The first-order chi connectivity index (χ1) is 13.1. The molecule has 1 fully saturated rings. The average Bonchev–Trinajstić information content (AvgIpc) is 2.88. The second-order valence-corrected chi connectivity index (χ2v) is 6.76. The van der Waals surface area contributed by atoms with E-state index in [0.29, 0.717) is 11.4 Å². The van der Waals surface area contributed by atoms with Gasteiger partial charge in [-0.3, -0.25) is 19.3 Å². The molecule has 0 radical (unpaired) electrons. The first kappa shape index (κ1) is 18.8. The Bertz CT molecular complexity index is 773. The molecule has 7 nitrogen and oxygen atoms in total. The quantitative estimate of drug-likeness (QED) is 0.452. The fourth-order valence-electron chi connectivity index (χ4n) is 3.29. The number of nitrogens with zero attached hydrogens (tertiary/aromatic N) is 2. The number of amides is 5. The van der Waals surface area contributed by atoms with Gasteiger partial charge in [-0.25, -0.2) is 9.69 Å². The first-order valence-corrected chi connectivity index (χ1v) is 9.22. The highest BCUT2D eigenvalue weighted by atomic mass is 16.2. The van der Waals surface area contributed by atoms with Gasteiger partial charge in [-0.1, -0.05) is 42.0 Å².